The van der Waals surface area contributed by atoms with E-state index < -0.39 is 0 Å². The van der Waals surface area contributed by atoms with Gasteiger partial charge in [-0.15, -0.1) is 0 Å². The lowest BCUT2D eigenvalue weighted by Crippen LogP contribution is -2.31. The van der Waals surface area contributed by atoms with Crippen LogP contribution < -0.4 is 5.32 Å². The van der Waals surface area contributed by atoms with E-state index in [1.54, 1.807) is 12.4 Å². The monoisotopic (exact) mass is 310 g/mol. The minimum absolute atomic E-state index is 0.00682. The second-order valence-corrected chi connectivity index (χ2v) is 6.00. The summed E-state index contributed by atoms with van der Waals surface area (Å²) in [7, 11) is 0. The van der Waals surface area contributed by atoms with Crippen molar-refractivity contribution >= 4 is 12.0 Å². The van der Waals surface area contributed by atoms with Crippen LogP contribution in [0.3, 0.4) is 0 Å². The molecule has 1 aliphatic heterocycles. The van der Waals surface area contributed by atoms with Crippen LogP contribution in [-0.4, -0.2) is 40.4 Å². The standard InChI is InChI=1S/C18H22N4O/c1-2-14-3-5-16(6-4-14)18(23)20-9-15-7-8-22(11-15)12-17-10-19-13-21-17/h2-6,10,13,15H,1,7-9,11-12H2,(H,19,21)(H,20,23)/t15-/m1/s1. The van der Waals surface area contributed by atoms with E-state index in [1.807, 2.05) is 30.5 Å². The Morgan fingerprint density at radius 1 is 1.43 bits per heavy atom. The molecule has 1 aliphatic rings. The SMILES string of the molecule is C=Cc1ccc(C(=O)NC[C@H]2CCN(Cc3cnc[nH]3)C2)cc1. The highest BCUT2D eigenvalue weighted by atomic mass is 16.1. The van der Waals surface area contributed by atoms with Gasteiger partial charge in [0.2, 0.25) is 0 Å². The number of imidazole rings is 1. The summed E-state index contributed by atoms with van der Waals surface area (Å²) in [5.74, 6) is 0.502. The zero-order valence-corrected chi connectivity index (χ0v) is 13.2. The van der Waals surface area contributed by atoms with E-state index >= 15 is 0 Å². The van der Waals surface area contributed by atoms with Crippen LogP contribution in [-0.2, 0) is 6.54 Å². The lowest BCUT2D eigenvalue weighted by molar-refractivity contribution is 0.0947. The first-order valence-corrected chi connectivity index (χ1v) is 7.95. The van der Waals surface area contributed by atoms with Gasteiger partial charge in [0.15, 0.2) is 0 Å². The molecule has 1 atom stereocenters. The van der Waals surface area contributed by atoms with E-state index in [0.29, 0.717) is 11.5 Å². The first-order chi connectivity index (χ1) is 11.2. The average Bonchev–Trinajstić information content (AvgIpc) is 3.25. The predicted molar refractivity (Wildman–Crippen MR) is 90.8 cm³/mol. The lowest BCUT2D eigenvalue weighted by atomic mass is 10.1. The van der Waals surface area contributed by atoms with Gasteiger partial charge in [-0.3, -0.25) is 9.69 Å². The number of hydrogen-bond acceptors (Lipinski definition) is 3. The van der Waals surface area contributed by atoms with Gasteiger partial charge in [0.25, 0.3) is 5.91 Å². The van der Waals surface area contributed by atoms with Crippen molar-refractivity contribution in [2.24, 2.45) is 5.92 Å². The van der Waals surface area contributed by atoms with E-state index in [1.165, 1.54) is 0 Å². The fourth-order valence-electron chi connectivity index (χ4n) is 2.94. The summed E-state index contributed by atoms with van der Waals surface area (Å²) in [6.45, 7) is 7.41. The topological polar surface area (TPSA) is 61.0 Å². The van der Waals surface area contributed by atoms with Crippen LogP contribution >= 0.6 is 0 Å². The largest absolute Gasteiger partial charge is 0.352 e. The molecule has 0 spiro atoms. The summed E-state index contributed by atoms with van der Waals surface area (Å²) in [6, 6.07) is 7.49. The van der Waals surface area contributed by atoms with Crippen molar-refractivity contribution in [1.82, 2.24) is 20.2 Å². The molecule has 1 fully saturated rings. The number of hydrogen-bond donors (Lipinski definition) is 2. The highest BCUT2D eigenvalue weighted by Gasteiger charge is 2.23. The van der Waals surface area contributed by atoms with Gasteiger partial charge in [-0.1, -0.05) is 24.8 Å². The van der Waals surface area contributed by atoms with Crippen LogP contribution in [0, 0.1) is 5.92 Å². The number of likely N-dealkylation sites (tertiary alicyclic amines) is 1. The zero-order chi connectivity index (χ0) is 16.1. The highest BCUT2D eigenvalue weighted by Crippen LogP contribution is 2.17. The Bertz CT molecular complexity index is 648. The van der Waals surface area contributed by atoms with E-state index in [0.717, 1.165) is 43.9 Å². The van der Waals surface area contributed by atoms with Gasteiger partial charge in [-0.25, -0.2) is 4.98 Å². The maximum absolute atomic E-state index is 12.2. The smallest absolute Gasteiger partial charge is 0.251 e. The maximum Gasteiger partial charge on any atom is 0.251 e. The quantitative estimate of drug-likeness (QED) is 0.860. The molecule has 0 aliphatic carbocycles. The Morgan fingerprint density at radius 3 is 2.96 bits per heavy atom. The lowest BCUT2D eigenvalue weighted by Gasteiger charge is -2.15. The van der Waals surface area contributed by atoms with Crippen LogP contribution in [0.4, 0.5) is 0 Å². The Balaban J connectivity index is 1.45. The van der Waals surface area contributed by atoms with Gasteiger partial charge in [-0.2, -0.15) is 0 Å². The Kier molecular flexibility index (Phi) is 4.88. The van der Waals surface area contributed by atoms with E-state index in [2.05, 4.69) is 26.8 Å². The molecule has 1 amide bonds. The van der Waals surface area contributed by atoms with E-state index in [-0.39, 0.29) is 5.91 Å². The number of carbonyl (C=O) groups is 1. The van der Waals surface area contributed by atoms with Crippen LogP contribution in [0.5, 0.6) is 0 Å². The van der Waals surface area contributed by atoms with Crippen molar-refractivity contribution in [3.05, 3.63) is 60.2 Å². The number of benzene rings is 1. The van der Waals surface area contributed by atoms with Gasteiger partial charge in [0, 0.05) is 37.1 Å². The van der Waals surface area contributed by atoms with Gasteiger partial charge >= 0.3 is 0 Å². The molecule has 0 bridgehead atoms. The number of nitrogens with zero attached hydrogens (tertiary/aromatic N) is 2. The summed E-state index contributed by atoms with van der Waals surface area (Å²) in [4.78, 5) is 21.7. The molecule has 1 saturated heterocycles. The molecule has 2 N–H and O–H groups in total. The number of nitrogens with one attached hydrogen (secondary N) is 2. The Morgan fingerprint density at radius 2 is 2.26 bits per heavy atom. The van der Waals surface area contributed by atoms with Crippen LogP contribution in [0.1, 0.15) is 28.0 Å². The predicted octanol–water partition coefficient (Wildman–Crippen LogP) is 2.30. The molecule has 0 saturated carbocycles. The second-order valence-electron chi connectivity index (χ2n) is 6.00. The number of carbonyl (C=O) groups excluding carboxylic acids is 1. The summed E-state index contributed by atoms with van der Waals surface area (Å²) in [6.07, 6.45) is 6.46. The van der Waals surface area contributed by atoms with Crippen molar-refractivity contribution < 1.29 is 4.79 Å². The molecular formula is C18H22N4O. The van der Waals surface area contributed by atoms with Crippen LogP contribution in [0.25, 0.3) is 6.08 Å². The van der Waals surface area contributed by atoms with Crippen molar-refractivity contribution in [3.63, 3.8) is 0 Å². The molecule has 2 aromatic rings. The van der Waals surface area contributed by atoms with Gasteiger partial charge < -0.3 is 10.3 Å². The van der Waals surface area contributed by atoms with Crippen LogP contribution in [0.2, 0.25) is 0 Å². The summed E-state index contributed by atoms with van der Waals surface area (Å²) < 4.78 is 0. The fraction of sp³-hybridized carbons (Fsp3) is 0.333. The Hall–Kier alpha value is -2.40. The average molecular weight is 310 g/mol. The zero-order valence-electron chi connectivity index (χ0n) is 13.2. The van der Waals surface area contributed by atoms with E-state index in [9.17, 15) is 4.79 Å². The summed E-state index contributed by atoms with van der Waals surface area (Å²) in [5.41, 5.74) is 2.85. The van der Waals surface area contributed by atoms with Crippen molar-refractivity contribution in [1.29, 1.82) is 0 Å². The van der Waals surface area contributed by atoms with Crippen molar-refractivity contribution in [2.45, 2.75) is 13.0 Å². The van der Waals surface area contributed by atoms with E-state index in [4.69, 9.17) is 0 Å². The number of amides is 1. The van der Waals surface area contributed by atoms with Gasteiger partial charge in [-0.05, 0) is 36.6 Å². The molecule has 5 heteroatoms. The molecule has 1 aromatic carbocycles. The molecule has 0 unspecified atom stereocenters. The summed E-state index contributed by atoms with van der Waals surface area (Å²) >= 11 is 0. The van der Waals surface area contributed by atoms with Crippen molar-refractivity contribution in [2.75, 3.05) is 19.6 Å². The highest BCUT2D eigenvalue weighted by molar-refractivity contribution is 5.94. The molecule has 5 nitrogen and oxygen atoms in total. The third-order valence-electron chi connectivity index (χ3n) is 4.28. The van der Waals surface area contributed by atoms with Crippen molar-refractivity contribution in [3.8, 4) is 0 Å². The molecule has 0 radical (unpaired) electrons. The third-order valence-corrected chi connectivity index (χ3v) is 4.28. The summed E-state index contributed by atoms with van der Waals surface area (Å²) in [5, 5.41) is 3.05. The molecule has 2 heterocycles. The number of aromatic nitrogens is 2. The number of rotatable bonds is 6. The number of H-pyrrole nitrogens is 1. The minimum Gasteiger partial charge on any atom is -0.352 e. The normalized spacial score (nSPS) is 18.0. The van der Waals surface area contributed by atoms with Gasteiger partial charge in [0.05, 0.1) is 6.33 Å². The fourth-order valence-corrected chi connectivity index (χ4v) is 2.94. The third kappa shape index (κ3) is 4.07. The second kappa shape index (κ2) is 7.24. The molecule has 23 heavy (non-hydrogen) atoms. The molecule has 120 valence electrons. The first kappa shape index (κ1) is 15.5. The van der Waals surface area contributed by atoms with Crippen LogP contribution in [0.15, 0.2) is 43.4 Å². The minimum atomic E-state index is -0.00682. The molecular weight excluding hydrogens is 288 g/mol. The molecule has 3 rings (SSSR count). The number of aromatic amines is 1. The Labute approximate surface area is 136 Å². The molecule has 1 aromatic heterocycles. The maximum atomic E-state index is 12.2. The first-order valence-electron chi connectivity index (χ1n) is 7.95. The van der Waals surface area contributed by atoms with Gasteiger partial charge in [0.1, 0.15) is 0 Å².